The van der Waals surface area contributed by atoms with Crippen molar-refractivity contribution < 1.29 is 0 Å². The van der Waals surface area contributed by atoms with Gasteiger partial charge in [0.25, 0.3) is 0 Å². The molecule has 0 aliphatic heterocycles. The number of nitrogens with one attached hydrogen (secondary N) is 1. The molecule has 1 aromatic heterocycles. The van der Waals surface area contributed by atoms with Crippen LogP contribution in [0.5, 0.6) is 0 Å². The van der Waals surface area contributed by atoms with E-state index in [1.54, 1.807) is 11.3 Å². The summed E-state index contributed by atoms with van der Waals surface area (Å²) in [6.45, 7) is 14.1. The first-order valence-electron chi connectivity index (χ1n) is 6.99. The summed E-state index contributed by atoms with van der Waals surface area (Å²) in [7, 11) is 0. The molecule has 1 heterocycles. The van der Waals surface area contributed by atoms with Crippen molar-refractivity contribution in [3.8, 4) is 0 Å². The molecule has 1 rings (SSSR count). The number of aromatic nitrogens is 1. The smallest absolute Gasteiger partial charge is 0.185 e. The Morgan fingerprint density at radius 2 is 2.06 bits per heavy atom. The van der Waals surface area contributed by atoms with Gasteiger partial charge in [-0.05, 0) is 12.8 Å². The Labute approximate surface area is 116 Å². The molecule has 3 nitrogen and oxygen atoms in total. The van der Waals surface area contributed by atoms with Gasteiger partial charge in [0.15, 0.2) is 5.13 Å². The van der Waals surface area contributed by atoms with Gasteiger partial charge < -0.3 is 10.2 Å². The van der Waals surface area contributed by atoms with Crippen molar-refractivity contribution in [1.82, 2.24) is 10.3 Å². The first-order chi connectivity index (χ1) is 8.56. The zero-order valence-electron chi connectivity index (χ0n) is 12.4. The standard InChI is InChI=1S/C14H27N3S/c1-6-12(5)9-17(7-2)14-16-13(10-18-14)8-15-11(3)4/h10-12,15H,6-9H2,1-5H3. The molecule has 0 fully saturated rings. The summed E-state index contributed by atoms with van der Waals surface area (Å²) in [5, 5.41) is 6.75. The minimum atomic E-state index is 0.512. The van der Waals surface area contributed by atoms with Crippen LogP contribution >= 0.6 is 11.3 Å². The molecule has 1 atom stereocenters. The molecule has 0 aromatic carbocycles. The minimum absolute atomic E-state index is 0.512. The largest absolute Gasteiger partial charge is 0.348 e. The van der Waals surface area contributed by atoms with Crippen LogP contribution in [0.3, 0.4) is 0 Å². The van der Waals surface area contributed by atoms with Crippen LogP contribution in [0, 0.1) is 5.92 Å². The minimum Gasteiger partial charge on any atom is -0.348 e. The Bertz CT molecular complexity index is 336. The van der Waals surface area contributed by atoms with E-state index >= 15 is 0 Å². The van der Waals surface area contributed by atoms with Crippen LogP contribution in [0.1, 0.15) is 46.7 Å². The molecule has 0 amide bonds. The van der Waals surface area contributed by atoms with Gasteiger partial charge in [0.05, 0.1) is 5.69 Å². The lowest BCUT2D eigenvalue weighted by Gasteiger charge is -2.23. The maximum Gasteiger partial charge on any atom is 0.185 e. The molecule has 0 saturated heterocycles. The molecule has 0 radical (unpaired) electrons. The van der Waals surface area contributed by atoms with Crippen LogP contribution in [0.25, 0.3) is 0 Å². The quantitative estimate of drug-likeness (QED) is 0.783. The summed E-state index contributed by atoms with van der Waals surface area (Å²) in [6.07, 6.45) is 1.23. The van der Waals surface area contributed by atoms with Crippen LogP contribution in [-0.2, 0) is 6.54 Å². The second-order valence-corrected chi connectivity index (χ2v) is 6.05. The SMILES string of the molecule is CCC(C)CN(CC)c1nc(CNC(C)C)cs1. The van der Waals surface area contributed by atoms with E-state index in [4.69, 9.17) is 4.98 Å². The van der Waals surface area contributed by atoms with E-state index in [2.05, 4.69) is 50.2 Å². The molecule has 1 unspecified atom stereocenters. The molecular weight excluding hydrogens is 242 g/mol. The monoisotopic (exact) mass is 269 g/mol. The maximum absolute atomic E-state index is 4.72. The van der Waals surface area contributed by atoms with Crippen LogP contribution in [0.4, 0.5) is 5.13 Å². The van der Waals surface area contributed by atoms with E-state index in [-0.39, 0.29) is 0 Å². The Morgan fingerprint density at radius 1 is 1.33 bits per heavy atom. The predicted molar refractivity (Wildman–Crippen MR) is 81.4 cm³/mol. The lowest BCUT2D eigenvalue weighted by Crippen LogP contribution is -2.28. The van der Waals surface area contributed by atoms with Crippen molar-refractivity contribution in [2.45, 2.75) is 53.6 Å². The molecule has 18 heavy (non-hydrogen) atoms. The molecule has 0 aliphatic rings. The highest BCUT2D eigenvalue weighted by atomic mass is 32.1. The lowest BCUT2D eigenvalue weighted by molar-refractivity contribution is 0.546. The van der Waals surface area contributed by atoms with Crippen molar-refractivity contribution in [3.63, 3.8) is 0 Å². The highest BCUT2D eigenvalue weighted by Crippen LogP contribution is 2.22. The molecule has 4 heteroatoms. The van der Waals surface area contributed by atoms with E-state index in [0.29, 0.717) is 6.04 Å². The number of thiazole rings is 1. The average Bonchev–Trinajstić information content (AvgIpc) is 2.81. The van der Waals surface area contributed by atoms with Gasteiger partial charge in [0.2, 0.25) is 0 Å². The highest BCUT2D eigenvalue weighted by Gasteiger charge is 2.12. The van der Waals surface area contributed by atoms with Gasteiger partial charge in [-0.25, -0.2) is 4.98 Å². The maximum atomic E-state index is 4.72. The second kappa shape index (κ2) is 7.74. The Kier molecular flexibility index (Phi) is 6.65. The predicted octanol–water partition coefficient (Wildman–Crippen LogP) is 3.51. The molecule has 0 spiro atoms. The fraction of sp³-hybridized carbons (Fsp3) is 0.786. The number of rotatable bonds is 8. The average molecular weight is 269 g/mol. The highest BCUT2D eigenvalue weighted by molar-refractivity contribution is 7.13. The molecule has 0 bridgehead atoms. The normalized spacial score (nSPS) is 13.0. The number of anilines is 1. The van der Waals surface area contributed by atoms with Crippen LogP contribution in [0.15, 0.2) is 5.38 Å². The fourth-order valence-electron chi connectivity index (χ4n) is 1.68. The first-order valence-corrected chi connectivity index (χ1v) is 7.87. The van der Waals surface area contributed by atoms with E-state index in [0.717, 1.165) is 31.2 Å². The third-order valence-electron chi connectivity index (χ3n) is 3.11. The third kappa shape index (κ3) is 4.94. The van der Waals surface area contributed by atoms with Gasteiger partial charge in [-0.2, -0.15) is 0 Å². The van der Waals surface area contributed by atoms with Gasteiger partial charge in [0, 0.05) is 31.1 Å². The van der Waals surface area contributed by atoms with Gasteiger partial charge in [0.1, 0.15) is 0 Å². The third-order valence-corrected chi connectivity index (χ3v) is 4.06. The number of hydrogen-bond donors (Lipinski definition) is 1. The van der Waals surface area contributed by atoms with Crippen molar-refractivity contribution >= 4 is 16.5 Å². The van der Waals surface area contributed by atoms with Crippen LogP contribution in [-0.4, -0.2) is 24.1 Å². The van der Waals surface area contributed by atoms with Gasteiger partial charge in [-0.3, -0.25) is 0 Å². The molecule has 0 aliphatic carbocycles. The summed E-state index contributed by atoms with van der Waals surface area (Å²) in [5.41, 5.74) is 1.16. The fourth-order valence-corrected chi connectivity index (χ4v) is 2.58. The van der Waals surface area contributed by atoms with Crippen molar-refractivity contribution in [2.24, 2.45) is 5.92 Å². The van der Waals surface area contributed by atoms with Crippen LogP contribution < -0.4 is 10.2 Å². The Balaban J connectivity index is 2.58. The summed E-state index contributed by atoms with van der Waals surface area (Å²) >= 11 is 1.76. The van der Waals surface area contributed by atoms with Gasteiger partial charge >= 0.3 is 0 Å². The van der Waals surface area contributed by atoms with Gasteiger partial charge in [-0.15, -0.1) is 11.3 Å². The molecule has 0 saturated carbocycles. The van der Waals surface area contributed by atoms with E-state index in [1.165, 1.54) is 11.6 Å². The number of hydrogen-bond acceptors (Lipinski definition) is 4. The molecule has 1 aromatic rings. The van der Waals surface area contributed by atoms with Gasteiger partial charge in [-0.1, -0.05) is 34.1 Å². The molecule has 1 N–H and O–H groups in total. The zero-order valence-corrected chi connectivity index (χ0v) is 13.2. The molecule has 104 valence electrons. The van der Waals surface area contributed by atoms with E-state index < -0.39 is 0 Å². The lowest BCUT2D eigenvalue weighted by atomic mass is 10.1. The van der Waals surface area contributed by atoms with E-state index in [9.17, 15) is 0 Å². The summed E-state index contributed by atoms with van der Waals surface area (Å²) < 4.78 is 0. The second-order valence-electron chi connectivity index (χ2n) is 5.21. The van der Waals surface area contributed by atoms with Crippen molar-refractivity contribution in [1.29, 1.82) is 0 Å². The Morgan fingerprint density at radius 3 is 2.61 bits per heavy atom. The summed E-state index contributed by atoms with van der Waals surface area (Å²) in [6, 6.07) is 0.512. The topological polar surface area (TPSA) is 28.2 Å². The number of nitrogens with zero attached hydrogens (tertiary/aromatic N) is 2. The van der Waals surface area contributed by atoms with Crippen LogP contribution in [0.2, 0.25) is 0 Å². The van der Waals surface area contributed by atoms with E-state index in [1.807, 2.05) is 0 Å². The summed E-state index contributed by atoms with van der Waals surface area (Å²) in [4.78, 5) is 7.11. The first kappa shape index (κ1) is 15.4. The van der Waals surface area contributed by atoms with Crippen molar-refractivity contribution in [2.75, 3.05) is 18.0 Å². The summed E-state index contributed by atoms with van der Waals surface area (Å²) in [5.74, 6) is 0.728. The van der Waals surface area contributed by atoms with Crippen molar-refractivity contribution in [3.05, 3.63) is 11.1 Å². The molecular formula is C14H27N3S. The zero-order chi connectivity index (χ0) is 13.5. The Hall–Kier alpha value is -0.610.